The summed E-state index contributed by atoms with van der Waals surface area (Å²) in [6, 6.07) is 7.54. The minimum absolute atomic E-state index is 0.0592. The van der Waals surface area contributed by atoms with Crippen molar-refractivity contribution in [3.63, 3.8) is 0 Å². The van der Waals surface area contributed by atoms with E-state index in [1.165, 1.54) is 19.2 Å². The third-order valence-corrected chi connectivity index (χ3v) is 4.20. The molecule has 130 valence electrons. The number of sulfonamides is 1. The molecule has 24 heavy (non-hydrogen) atoms. The monoisotopic (exact) mass is 363 g/mol. The van der Waals surface area contributed by atoms with Gasteiger partial charge in [0.2, 0.25) is 0 Å². The second kappa shape index (κ2) is 6.48. The van der Waals surface area contributed by atoms with Crippen molar-refractivity contribution in [2.75, 3.05) is 11.8 Å². The average molecular weight is 363 g/mol. The lowest BCUT2D eigenvalue weighted by Crippen LogP contribution is -2.17. The number of halogens is 3. The first-order valence-corrected chi connectivity index (χ1v) is 7.85. The molecule has 0 bridgehead atoms. The molecule has 0 aliphatic heterocycles. The van der Waals surface area contributed by atoms with Gasteiger partial charge in [-0.05, 0) is 36.4 Å². The highest BCUT2D eigenvalue weighted by molar-refractivity contribution is 7.92. The van der Waals surface area contributed by atoms with E-state index in [9.17, 15) is 26.7 Å². The first-order valence-electron chi connectivity index (χ1n) is 6.36. The van der Waals surface area contributed by atoms with E-state index >= 15 is 0 Å². The topological polar surface area (TPSA) is 84.9 Å². The van der Waals surface area contributed by atoms with Gasteiger partial charge in [-0.3, -0.25) is 4.72 Å². The number of phenols is 1. The number of benzene rings is 2. The lowest BCUT2D eigenvalue weighted by atomic mass is 10.3. The fourth-order valence-electron chi connectivity index (χ4n) is 1.79. The Morgan fingerprint density at radius 1 is 1.08 bits per heavy atom. The third kappa shape index (κ3) is 4.44. The number of ether oxygens (including phenoxy) is 2. The summed E-state index contributed by atoms with van der Waals surface area (Å²) in [5, 5.41) is 9.62. The zero-order valence-electron chi connectivity index (χ0n) is 12.2. The van der Waals surface area contributed by atoms with Crippen molar-refractivity contribution in [2.45, 2.75) is 11.3 Å². The van der Waals surface area contributed by atoms with Gasteiger partial charge in [0.1, 0.15) is 5.75 Å². The van der Waals surface area contributed by atoms with E-state index < -0.39 is 22.1 Å². The highest BCUT2D eigenvalue weighted by Gasteiger charge is 2.31. The van der Waals surface area contributed by atoms with Crippen LogP contribution in [0.15, 0.2) is 47.4 Å². The van der Waals surface area contributed by atoms with Crippen molar-refractivity contribution in [3.05, 3.63) is 42.5 Å². The summed E-state index contributed by atoms with van der Waals surface area (Å²) in [5.74, 6) is -0.651. The summed E-state index contributed by atoms with van der Waals surface area (Å²) >= 11 is 0. The van der Waals surface area contributed by atoms with Crippen LogP contribution in [-0.4, -0.2) is 27.0 Å². The summed E-state index contributed by atoms with van der Waals surface area (Å²) in [6.07, 6.45) is -4.86. The second-order valence-corrected chi connectivity index (χ2v) is 6.19. The van der Waals surface area contributed by atoms with Crippen LogP contribution < -0.4 is 14.2 Å². The Labute approximate surface area is 135 Å². The molecule has 0 fully saturated rings. The summed E-state index contributed by atoms with van der Waals surface area (Å²) < 4.78 is 71.3. The maximum Gasteiger partial charge on any atom is 0.573 e. The standard InChI is InChI=1S/C14H12F3NO5S/c1-22-13-7-2-9(8-12(13)19)18-24(20,21)11-5-3-10(4-6-11)23-14(15,16)17/h2-8,18-19H,1H3. The van der Waals surface area contributed by atoms with Crippen LogP contribution >= 0.6 is 0 Å². The predicted octanol–water partition coefficient (Wildman–Crippen LogP) is 3.10. The SMILES string of the molecule is COc1ccc(NS(=O)(=O)c2ccc(OC(F)(F)F)cc2)cc1O. The molecule has 6 nitrogen and oxygen atoms in total. The van der Waals surface area contributed by atoms with Gasteiger partial charge >= 0.3 is 6.36 Å². The number of anilines is 1. The van der Waals surface area contributed by atoms with Crippen molar-refractivity contribution < 1.29 is 36.2 Å². The molecule has 2 aromatic carbocycles. The van der Waals surface area contributed by atoms with Gasteiger partial charge in [-0.1, -0.05) is 0 Å². The first-order chi connectivity index (χ1) is 11.1. The van der Waals surface area contributed by atoms with Crippen LogP contribution in [0.4, 0.5) is 18.9 Å². The molecule has 2 N–H and O–H groups in total. The van der Waals surface area contributed by atoms with Gasteiger partial charge < -0.3 is 14.6 Å². The fraction of sp³-hybridized carbons (Fsp3) is 0.143. The number of aromatic hydroxyl groups is 1. The zero-order valence-corrected chi connectivity index (χ0v) is 13.0. The van der Waals surface area contributed by atoms with Crippen LogP contribution in [0, 0.1) is 0 Å². The molecule has 2 rings (SSSR count). The van der Waals surface area contributed by atoms with Gasteiger partial charge in [0.25, 0.3) is 10.0 Å². The van der Waals surface area contributed by atoms with Crippen molar-refractivity contribution in [1.29, 1.82) is 0 Å². The maximum absolute atomic E-state index is 12.2. The lowest BCUT2D eigenvalue weighted by Gasteiger charge is -2.11. The highest BCUT2D eigenvalue weighted by atomic mass is 32.2. The van der Waals surface area contributed by atoms with Crippen molar-refractivity contribution in [3.8, 4) is 17.2 Å². The highest BCUT2D eigenvalue weighted by Crippen LogP contribution is 2.30. The molecular weight excluding hydrogens is 351 g/mol. The first kappa shape index (κ1) is 17.7. The molecule has 10 heteroatoms. The van der Waals surface area contributed by atoms with E-state index in [0.29, 0.717) is 0 Å². The molecule has 2 aromatic rings. The zero-order chi connectivity index (χ0) is 18.0. The Hall–Kier alpha value is -2.62. The number of nitrogens with one attached hydrogen (secondary N) is 1. The van der Waals surface area contributed by atoms with E-state index in [2.05, 4.69) is 9.46 Å². The molecule has 0 spiro atoms. The van der Waals surface area contributed by atoms with Crippen LogP contribution in [0.25, 0.3) is 0 Å². The molecule has 0 radical (unpaired) electrons. The third-order valence-electron chi connectivity index (χ3n) is 2.80. The number of hydrogen-bond donors (Lipinski definition) is 2. The summed E-state index contributed by atoms with van der Waals surface area (Å²) in [7, 11) is -2.71. The molecule has 0 saturated heterocycles. The van der Waals surface area contributed by atoms with Gasteiger partial charge in [-0.2, -0.15) is 0 Å². The van der Waals surface area contributed by atoms with E-state index in [-0.39, 0.29) is 22.1 Å². The predicted molar refractivity (Wildman–Crippen MR) is 78.6 cm³/mol. The van der Waals surface area contributed by atoms with Crippen LogP contribution in [0.1, 0.15) is 0 Å². The molecule has 0 saturated carbocycles. The van der Waals surface area contributed by atoms with Crippen LogP contribution in [0.5, 0.6) is 17.2 Å². The Kier molecular flexibility index (Phi) is 4.78. The molecule has 0 heterocycles. The number of methoxy groups -OCH3 is 1. The number of alkyl halides is 3. The molecule has 0 aliphatic rings. The molecule has 0 atom stereocenters. The van der Waals surface area contributed by atoms with Crippen LogP contribution in [-0.2, 0) is 10.0 Å². The smallest absolute Gasteiger partial charge is 0.504 e. The van der Waals surface area contributed by atoms with Crippen LogP contribution in [0.2, 0.25) is 0 Å². The molecular formula is C14H12F3NO5S. The number of phenolic OH excluding ortho intramolecular Hbond substituents is 1. The number of hydrogen-bond acceptors (Lipinski definition) is 5. The van der Waals surface area contributed by atoms with Crippen LogP contribution in [0.3, 0.4) is 0 Å². The summed E-state index contributed by atoms with van der Waals surface area (Å²) in [5.41, 5.74) is 0.0592. The van der Waals surface area contributed by atoms with Gasteiger partial charge in [0.15, 0.2) is 11.5 Å². The Morgan fingerprint density at radius 2 is 1.71 bits per heavy atom. The minimum atomic E-state index is -4.86. The summed E-state index contributed by atoms with van der Waals surface area (Å²) in [6.45, 7) is 0. The average Bonchev–Trinajstić information content (AvgIpc) is 2.46. The maximum atomic E-state index is 12.2. The molecule has 0 aliphatic carbocycles. The Bertz CT molecular complexity index is 819. The van der Waals surface area contributed by atoms with Crippen molar-refractivity contribution in [2.24, 2.45) is 0 Å². The largest absolute Gasteiger partial charge is 0.573 e. The fourth-order valence-corrected chi connectivity index (χ4v) is 2.84. The Morgan fingerprint density at radius 3 is 2.21 bits per heavy atom. The van der Waals surface area contributed by atoms with Crippen molar-refractivity contribution in [1.82, 2.24) is 0 Å². The van der Waals surface area contributed by atoms with Crippen molar-refractivity contribution >= 4 is 15.7 Å². The van der Waals surface area contributed by atoms with E-state index in [4.69, 9.17) is 4.74 Å². The molecule has 0 unspecified atom stereocenters. The quantitative estimate of drug-likeness (QED) is 0.853. The Balaban J connectivity index is 2.19. The van der Waals surface area contributed by atoms with E-state index in [1.807, 2.05) is 0 Å². The van der Waals surface area contributed by atoms with E-state index in [0.717, 1.165) is 30.3 Å². The lowest BCUT2D eigenvalue weighted by molar-refractivity contribution is -0.274. The second-order valence-electron chi connectivity index (χ2n) is 4.51. The van der Waals surface area contributed by atoms with Gasteiger partial charge in [0, 0.05) is 6.07 Å². The molecule has 0 aromatic heterocycles. The number of rotatable bonds is 5. The normalized spacial score (nSPS) is 11.8. The minimum Gasteiger partial charge on any atom is -0.504 e. The van der Waals surface area contributed by atoms with Gasteiger partial charge in [0.05, 0.1) is 17.7 Å². The molecule has 0 amide bonds. The van der Waals surface area contributed by atoms with Gasteiger partial charge in [-0.15, -0.1) is 13.2 Å². The van der Waals surface area contributed by atoms with Gasteiger partial charge in [-0.25, -0.2) is 8.42 Å². The van der Waals surface area contributed by atoms with E-state index in [1.54, 1.807) is 0 Å². The summed E-state index contributed by atoms with van der Waals surface area (Å²) in [4.78, 5) is -0.271.